The molecule has 14 rings (SSSR count). The fourth-order valence-corrected chi connectivity index (χ4v) is 13.2. The van der Waals surface area contributed by atoms with Crippen LogP contribution in [0, 0.1) is 0 Å². The van der Waals surface area contributed by atoms with Crippen LogP contribution < -0.4 is 14.7 Å². The summed E-state index contributed by atoms with van der Waals surface area (Å²) in [6.45, 7) is 0. The summed E-state index contributed by atoms with van der Waals surface area (Å²) in [5.41, 5.74) is 21.5. The summed E-state index contributed by atoms with van der Waals surface area (Å²) in [5, 5.41) is 0. The number of anilines is 9. The van der Waals surface area contributed by atoms with Gasteiger partial charge in [0.1, 0.15) is 0 Å². The summed E-state index contributed by atoms with van der Waals surface area (Å²) < 4.78 is 0. The molecule has 0 radical (unpaired) electrons. The highest BCUT2D eigenvalue weighted by Crippen LogP contribution is 2.53. The normalized spacial score (nSPS) is 14.2. The van der Waals surface area contributed by atoms with Crippen molar-refractivity contribution in [3.8, 4) is 33.4 Å². The van der Waals surface area contributed by atoms with Crippen LogP contribution in [0.15, 0.2) is 311 Å². The Morgan fingerprint density at radius 3 is 1.03 bits per heavy atom. The summed E-state index contributed by atoms with van der Waals surface area (Å²) in [6, 6.07) is 99.5. The molecular weight excluding hydrogens is 971 g/mol. The number of rotatable bonds is 10. The van der Waals surface area contributed by atoms with Gasteiger partial charge in [0, 0.05) is 53.9 Å². The SMILES string of the molecule is C1=CC(c2ccc(N(c3ccc(-c4ccccc4)cc3)c3ccc(-c4ccc(-c5ccc(N6c7ccccc7Sc7ccccc76)cc5)cc4)cc3)cc2)CC=C1c1ccc(N2c3ccccc3Sc3ccccc32)cc1. The molecule has 2 heterocycles. The first-order chi connectivity index (χ1) is 38.1. The Hall–Kier alpha value is -9.00. The average molecular weight is 1020 g/mol. The van der Waals surface area contributed by atoms with E-state index in [4.69, 9.17) is 0 Å². The predicted molar refractivity (Wildman–Crippen MR) is 326 cm³/mol. The van der Waals surface area contributed by atoms with Crippen molar-refractivity contribution in [3.05, 3.63) is 302 Å². The maximum absolute atomic E-state index is 2.40. The molecule has 2 aliphatic heterocycles. The van der Waals surface area contributed by atoms with E-state index in [2.05, 4.69) is 306 Å². The minimum atomic E-state index is 0.296. The van der Waals surface area contributed by atoms with Gasteiger partial charge in [-0.1, -0.05) is 206 Å². The fraction of sp³-hybridized carbons (Fsp3) is 0.0278. The first kappa shape index (κ1) is 46.5. The standard InChI is InChI=1S/C72H51N3S2/c1-2-12-50(13-3-1)55-30-40-60(41-31-55)73(61-42-32-56(33-43-61)51-22-26-53(27-23-51)58-36-46-63(47-37-58)74-65-14-4-8-18-69(65)76-70-19-9-5-15-66(70)74)62-44-34-57(35-45-62)52-24-28-54(29-25-52)59-38-48-64(49-39-59)75-67-16-6-10-20-71(67)77-72-21-11-7-17-68(72)75/h1-24,26-49,52H,25H2. The molecule has 366 valence electrons. The van der Waals surface area contributed by atoms with Gasteiger partial charge in [-0.3, -0.25) is 0 Å². The van der Waals surface area contributed by atoms with E-state index >= 15 is 0 Å². The third kappa shape index (κ3) is 9.04. The van der Waals surface area contributed by atoms with Crippen LogP contribution >= 0.6 is 23.5 Å². The van der Waals surface area contributed by atoms with E-state index in [0.717, 1.165) is 29.2 Å². The van der Waals surface area contributed by atoms with Gasteiger partial charge in [0.25, 0.3) is 0 Å². The summed E-state index contributed by atoms with van der Waals surface area (Å²) in [6.07, 6.45) is 8.03. The van der Waals surface area contributed by atoms with Gasteiger partial charge in [0.2, 0.25) is 0 Å². The van der Waals surface area contributed by atoms with Crippen LogP contribution in [0.2, 0.25) is 0 Å². The Morgan fingerprint density at radius 1 is 0.312 bits per heavy atom. The van der Waals surface area contributed by atoms with Crippen LogP contribution in [0.3, 0.4) is 0 Å². The highest BCUT2D eigenvalue weighted by atomic mass is 32.2. The van der Waals surface area contributed by atoms with Crippen molar-refractivity contribution in [2.45, 2.75) is 31.9 Å². The zero-order valence-electron chi connectivity index (χ0n) is 42.2. The van der Waals surface area contributed by atoms with Crippen molar-refractivity contribution in [1.29, 1.82) is 0 Å². The third-order valence-electron chi connectivity index (χ3n) is 15.0. The topological polar surface area (TPSA) is 9.72 Å². The molecule has 5 heteroatoms. The number of benzene rings is 11. The molecule has 1 aliphatic carbocycles. The molecule has 1 unspecified atom stereocenters. The maximum Gasteiger partial charge on any atom is 0.0601 e. The molecule has 0 spiro atoms. The number of hydrogen-bond donors (Lipinski definition) is 0. The van der Waals surface area contributed by atoms with E-state index < -0.39 is 0 Å². The van der Waals surface area contributed by atoms with Crippen LogP contribution in [0.1, 0.15) is 23.5 Å². The van der Waals surface area contributed by atoms with Crippen LogP contribution in [0.25, 0.3) is 39.0 Å². The van der Waals surface area contributed by atoms with Gasteiger partial charge in [-0.05, 0) is 166 Å². The van der Waals surface area contributed by atoms with E-state index in [1.807, 2.05) is 23.5 Å². The highest BCUT2D eigenvalue weighted by molar-refractivity contribution is 8.00. The minimum Gasteiger partial charge on any atom is -0.311 e. The van der Waals surface area contributed by atoms with Crippen molar-refractivity contribution < 1.29 is 0 Å². The van der Waals surface area contributed by atoms with Gasteiger partial charge in [-0.15, -0.1) is 0 Å². The largest absolute Gasteiger partial charge is 0.311 e. The van der Waals surface area contributed by atoms with Gasteiger partial charge in [0.15, 0.2) is 0 Å². The molecule has 77 heavy (non-hydrogen) atoms. The number of fused-ring (bicyclic) bond motifs is 4. The Morgan fingerprint density at radius 2 is 0.636 bits per heavy atom. The molecule has 11 aromatic rings. The van der Waals surface area contributed by atoms with E-state index in [1.165, 1.54) is 98.1 Å². The van der Waals surface area contributed by atoms with Crippen LogP contribution in [-0.2, 0) is 0 Å². The molecule has 3 aliphatic rings. The first-order valence-electron chi connectivity index (χ1n) is 26.3. The molecule has 0 aromatic heterocycles. The summed E-state index contributed by atoms with van der Waals surface area (Å²) in [5.74, 6) is 0.296. The smallest absolute Gasteiger partial charge is 0.0601 e. The van der Waals surface area contributed by atoms with E-state index in [-0.39, 0.29) is 0 Å². The molecule has 0 fully saturated rings. The van der Waals surface area contributed by atoms with E-state index in [0.29, 0.717) is 5.92 Å². The molecule has 0 N–H and O–H groups in total. The number of para-hydroxylation sites is 4. The van der Waals surface area contributed by atoms with Crippen molar-refractivity contribution in [2.75, 3.05) is 14.7 Å². The second-order valence-electron chi connectivity index (χ2n) is 19.7. The van der Waals surface area contributed by atoms with Gasteiger partial charge in [-0.25, -0.2) is 0 Å². The second kappa shape index (κ2) is 20.3. The second-order valence-corrected chi connectivity index (χ2v) is 21.8. The number of allylic oxidation sites excluding steroid dienone is 4. The van der Waals surface area contributed by atoms with Crippen molar-refractivity contribution in [2.24, 2.45) is 0 Å². The molecule has 3 nitrogen and oxygen atoms in total. The molecule has 0 saturated carbocycles. The van der Waals surface area contributed by atoms with Crippen molar-refractivity contribution >= 4 is 80.3 Å². The number of hydrogen-bond acceptors (Lipinski definition) is 5. The Bertz CT molecular complexity index is 3890. The zero-order valence-corrected chi connectivity index (χ0v) is 43.8. The van der Waals surface area contributed by atoms with Crippen molar-refractivity contribution in [1.82, 2.24) is 0 Å². The first-order valence-corrected chi connectivity index (χ1v) is 28.0. The number of nitrogens with zero attached hydrogens (tertiary/aromatic N) is 3. The lowest BCUT2D eigenvalue weighted by atomic mass is 9.88. The van der Waals surface area contributed by atoms with Crippen LogP contribution in [-0.4, -0.2) is 0 Å². The third-order valence-corrected chi connectivity index (χ3v) is 17.3. The average Bonchev–Trinajstić information content (AvgIpc) is 3.51. The van der Waals surface area contributed by atoms with Gasteiger partial charge in [-0.2, -0.15) is 0 Å². The summed E-state index contributed by atoms with van der Waals surface area (Å²) in [4.78, 5) is 12.2. The van der Waals surface area contributed by atoms with Gasteiger partial charge >= 0.3 is 0 Å². The summed E-state index contributed by atoms with van der Waals surface area (Å²) in [7, 11) is 0. The zero-order chi connectivity index (χ0) is 51.1. The van der Waals surface area contributed by atoms with Crippen molar-refractivity contribution in [3.63, 3.8) is 0 Å². The fourth-order valence-electron chi connectivity index (χ4n) is 11.1. The van der Waals surface area contributed by atoms with Crippen LogP contribution in [0.4, 0.5) is 51.2 Å². The Balaban J connectivity index is 0.692. The van der Waals surface area contributed by atoms with E-state index in [1.54, 1.807) is 0 Å². The van der Waals surface area contributed by atoms with E-state index in [9.17, 15) is 0 Å². The molecule has 1 atom stereocenters. The Labute approximate surface area is 459 Å². The maximum atomic E-state index is 2.40. The molecule has 11 aromatic carbocycles. The lowest BCUT2D eigenvalue weighted by molar-refractivity contribution is 0.856. The molecular formula is C72H51N3S2. The summed E-state index contributed by atoms with van der Waals surface area (Å²) >= 11 is 3.68. The van der Waals surface area contributed by atoms with Crippen LogP contribution in [0.5, 0.6) is 0 Å². The highest BCUT2D eigenvalue weighted by Gasteiger charge is 2.26. The lowest BCUT2D eigenvalue weighted by Crippen LogP contribution is -2.14. The Kier molecular flexibility index (Phi) is 12.2. The molecule has 0 bridgehead atoms. The minimum absolute atomic E-state index is 0.296. The quantitative estimate of drug-likeness (QED) is 0.135. The predicted octanol–water partition coefficient (Wildman–Crippen LogP) is 21.2. The molecule has 0 amide bonds. The van der Waals surface area contributed by atoms with Gasteiger partial charge in [0.05, 0.1) is 22.7 Å². The monoisotopic (exact) mass is 1020 g/mol. The lowest BCUT2D eigenvalue weighted by Gasteiger charge is -2.32. The van der Waals surface area contributed by atoms with Gasteiger partial charge < -0.3 is 14.7 Å². The molecule has 0 saturated heterocycles.